The Bertz CT molecular complexity index is 541. The molecule has 0 saturated heterocycles. The van der Waals surface area contributed by atoms with Crippen molar-refractivity contribution in [1.29, 1.82) is 0 Å². The van der Waals surface area contributed by atoms with Crippen LogP contribution in [0.15, 0.2) is 18.2 Å². The third-order valence-corrected chi connectivity index (χ3v) is 3.76. The Balaban J connectivity index is 2.40. The number of aromatic nitrogens is 2. The number of halogens is 2. The van der Waals surface area contributed by atoms with Crippen molar-refractivity contribution in [2.24, 2.45) is 5.92 Å². The largest absolute Gasteiger partial charge is 0.384 e. The lowest BCUT2D eigenvalue weighted by atomic mass is 10.2. The lowest BCUT2D eigenvalue weighted by Gasteiger charge is -2.13. The van der Waals surface area contributed by atoms with Crippen LogP contribution in [0.2, 0.25) is 0 Å². The summed E-state index contributed by atoms with van der Waals surface area (Å²) in [4.78, 5) is 4.59. The third kappa shape index (κ3) is 2.97. The van der Waals surface area contributed by atoms with E-state index in [1.54, 1.807) is 7.11 Å². The van der Waals surface area contributed by atoms with E-state index < -0.39 is 0 Å². The first-order valence-electron chi connectivity index (χ1n) is 5.85. The van der Waals surface area contributed by atoms with Crippen molar-refractivity contribution >= 4 is 45.2 Å². The van der Waals surface area contributed by atoms with Gasteiger partial charge in [0.25, 0.3) is 0 Å². The number of hydrogen-bond acceptors (Lipinski definition) is 2. The van der Waals surface area contributed by atoms with Crippen LogP contribution >= 0.6 is 34.2 Å². The standard InChI is InChI=1S/C13H16ClIN2O/c1-9(8-18-2)7-17-12-4-3-10(15)5-11(12)16-13(17)6-14/h3-5,9H,6-8H2,1-2H3. The highest BCUT2D eigenvalue weighted by Gasteiger charge is 2.12. The van der Waals surface area contributed by atoms with Crippen molar-refractivity contribution in [1.82, 2.24) is 9.55 Å². The van der Waals surface area contributed by atoms with E-state index in [2.05, 4.69) is 57.3 Å². The number of rotatable bonds is 5. The Hall–Kier alpha value is -0.330. The molecule has 0 aliphatic carbocycles. The summed E-state index contributed by atoms with van der Waals surface area (Å²) in [5.41, 5.74) is 2.16. The first kappa shape index (κ1) is 14.1. The number of imidazole rings is 1. The molecule has 1 unspecified atom stereocenters. The predicted molar refractivity (Wildman–Crippen MR) is 83.0 cm³/mol. The van der Waals surface area contributed by atoms with E-state index in [0.29, 0.717) is 11.8 Å². The Morgan fingerprint density at radius 3 is 2.94 bits per heavy atom. The summed E-state index contributed by atoms with van der Waals surface area (Å²) in [7, 11) is 1.73. The average molecular weight is 379 g/mol. The molecule has 1 atom stereocenters. The first-order chi connectivity index (χ1) is 8.65. The highest BCUT2D eigenvalue weighted by atomic mass is 127. The van der Waals surface area contributed by atoms with Gasteiger partial charge in [0.2, 0.25) is 0 Å². The molecule has 18 heavy (non-hydrogen) atoms. The van der Waals surface area contributed by atoms with Crippen LogP contribution in [0.1, 0.15) is 12.7 Å². The lowest BCUT2D eigenvalue weighted by molar-refractivity contribution is 0.151. The fraction of sp³-hybridized carbons (Fsp3) is 0.462. The van der Waals surface area contributed by atoms with E-state index in [4.69, 9.17) is 16.3 Å². The van der Waals surface area contributed by atoms with Crippen molar-refractivity contribution in [2.75, 3.05) is 13.7 Å². The molecular formula is C13H16ClIN2O. The topological polar surface area (TPSA) is 27.1 Å². The van der Waals surface area contributed by atoms with E-state index in [0.717, 1.165) is 30.0 Å². The molecule has 0 aliphatic heterocycles. The lowest BCUT2D eigenvalue weighted by Crippen LogP contribution is -2.14. The van der Waals surface area contributed by atoms with Gasteiger partial charge in [-0.05, 0) is 46.7 Å². The molecule has 0 aliphatic rings. The molecule has 0 radical (unpaired) electrons. The van der Waals surface area contributed by atoms with Crippen molar-refractivity contribution in [3.8, 4) is 0 Å². The number of hydrogen-bond donors (Lipinski definition) is 0. The van der Waals surface area contributed by atoms with Crippen molar-refractivity contribution in [3.05, 3.63) is 27.6 Å². The summed E-state index contributed by atoms with van der Waals surface area (Å²) in [6.45, 7) is 3.79. The number of fused-ring (bicyclic) bond motifs is 1. The third-order valence-electron chi connectivity index (χ3n) is 2.85. The summed E-state index contributed by atoms with van der Waals surface area (Å²) in [5.74, 6) is 1.80. The van der Waals surface area contributed by atoms with Gasteiger partial charge in [-0.1, -0.05) is 6.92 Å². The van der Waals surface area contributed by atoms with Crippen LogP contribution in [0.4, 0.5) is 0 Å². The minimum absolute atomic E-state index is 0.435. The highest BCUT2D eigenvalue weighted by Crippen LogP contribution is 2.21. The molecule has 2 rings (SSSR count). The van der Waals surface area contributed by atoms with Gasteiger partial charge < -0.3 is 9.30 Å². The zero-order chi connectivity index (χ0) is 13.1. The van der Waals surface area contributed by atoms with Gasteiger partial charge in [0.1, 0.15) is 5.82 Å². The normalized spacial score (nSPS) is 13.1. The molecule has 0 amide bonds. The summed E-state index contributed by atoms with van der Waals surface area (Å²) in [6, 6.07) is 6.29. The van der Waals surface area contributed by atoms with Crippen LogP contribution < -0.4 is 0 Å². The van der Waals surface area contributed by atoms with E-state index >= 15 is 0 Å². The minimum Gasteiger partial charge on any atom is -0.384 e. The number of ether oxygens (including phenoxy) is 1. The zero-order valence-corrected chi connectivity index (χ0v) is 13.4. The van der Waals surface area contributed by atoms with Crippen molar-refractivity contribution in [2.45, 2.75) is 19.3 Å². The van der Waals surface area contributed by atoms with Crippen LogP contribution in [0.5, 0.6) is 0 Å². The molecule has 98 valence electrons. The molecule has 3 nitrogen and oxygen atoms in total. The Morgan fingerprint density at radius 1 is 1.50 bits per heavy atom. The number of nitrogens with zero attached hydrogens (tertiary/aromatic N) is 2. The Labute approximate surface area is 126 Å². The maximum absolute atomic E-state index is 5.99. The highest BCUT2D eigenvalue weighted by molar-refractivity contribution is 14.1. The number of methoxy groups -OCH3 is 1. The number of benzene rings is 1. The quantitative estimate of drug-likeness (QED) is 0.586. The Kier molecular flexibility index (Phi) is 4.86. The second-order valence-electron chi connectivity index (χ2n) is 4.47. The second-order valence-corrected chi connectivity index (χ2v) is 5.98. The molecule has 0 fully saturated rings. The van der Waals surface area contributed by atoms with Gasteiger partial charge in [-0.3, -0.25) is 0 Å². The van der Waals surface area contributed by atoms with E-state index in [-0.39, 0.29) is 0 Å². The van der Waals surface area contributed by atoms with Gasteiger partial charge >= 0.3 is 0 Å². The van der Waals surface area contributed by atoms with Gasteiger partial charge in [0.05, 0.1) is 23.5 Å². The zero-order valence-electron chi connectivity index (χ0n) is 10.5. The van der Waals surface area contributed by atoms with E-state index in [1.165, 1.54) is 3.57 Å². The minimum atomic E-state index is 0.435. The molecule has 1 aromatic heterocycles. The summed E-state index contributed by atoms with van der Waals surface area (Å²) >= 11 is 8.28. The Morgan fingerprint density at radius 2 is 2.28 bits per heavy atom. The molecule has 0 saturated carbocycles. The smallest absolute Gasteiger partial charge is 0.124 e. The SMILES string of the molecule is COCC(C)Cn1c(CCl)nc2cc(I)ccc21. The molecular weight excluding hydrogens is 363 g/mol. The summed E-state index contributed by atoms with van der Waals surface area (Å²) in [6.07, 6.45) is 0. The van der Waals surface area contributed by atoms with Crippen LogP contribution in [0.25, 0.3) is 11.0 Å². The van der Waals surface area contributed by atoms with Gasteiger partial charge in [-0.2, -0.15) is 0 Å². The fourth-order valence-corrected chi connectivity index (χ4v) is 2.79. The van der Waals surface area contributed by atoms with Crippen LogP contribution in [0.3, 0.4) is 0 Å². The molecule has 2 aromatic rings. The van der Waals surface area contributed by atoms with Crippen molar-refractivity contribution < 1.29 is 4.74 Å². The summed E-state index contributed by atoms with van der Waals surface area (Å²) in [5, 5.41) is 0. The van der Waals surface area contributed by atoms with Gasteiger partial charge in [0, 0.05) is 17.2 Å². The maximum atomic E-state index is 5.99. The molecule has 0 spiro atoms. The van der Waals surface area contributed by atoms with E-state index in [9.17, 15) is 0 Å². The molecule has 0 N–H and O–H groups in total. The summed E-state index contributed by atoms with van der Waals surface area (Å²) < 4.78 is 8.58. The van der Waals surface area contributed by atoms with Gasteiger partial charge in [0.15, 0.2) is 0 Å². The maximum Gasteiger partial charge on any atom is 0.124 e. The average Bonchev–Trinajstić information content (AvgIpc) is 2.66. The molecule has 1 aromatic carbocycles. The van der Waals surface area contributed by atoms with E-state index in [1.807, 2.05) is 0 Å². The first-order valence-corrected chi connectivity index (χ1v) is 7.46. The van der Waals surface area contributed by atoms with Crippen molar-refractivity contribution in [3.63, 3.8) is 0 Å². The van der Waals surface area contributed by atoms with Crippen LogP contribution in [0, 0.1) is 9.49 Å². The molecule has 1 heterocycles. The van der Waals surface area contributed by atoms with Gasteiger partial charge in [-0.25, -0.2) is 4.98 Å². The molecule has 5 heteroatoms. The predicted octanol–water partition coefficient (Wildman–Crippen LogP) is 3.66. The molecule has 0 bridgehead atoms. The van der Waals surface area contributed by atoms with Crippen LogP contribution in [-0.4, -0.2) is 23.3 Å². The monoisotopic (exact) mass is 378 g/mol. The second kappa shape index (κ2) is 6.21. The van der Waals surface area contributed by atoms with Crippen LogP contribution in [-0.2, 0) is 17.2 Å². The van der Waals surface area contributed by atoms with Gasteiger partial charge in [-0.15, -0.1) is 11.6 Å². The number of alkyl halides is 1. The fourth-order valence-electron chi connectivity index (χ4n) is 2.11.